The Labute approximate surface area is 633 Å². The molecule has 0 radical (unpaired) electrons. The van der Waals surface area contributed by atoms with Crippen LogP contribution in [0.15, 0.2) is 86.0 Å². The molecule has 30 nitrogen and oxygen atoms in total. The quantitative estimate of drug-likeness (QED) is 0.0251. The zero-order valence-electron chi connectivity index (χ0n) is 61.5. The number of alkyl carbamates (subject to hydrolysis) is 2. The van der Waals surface area contributed by atoms with Crippen LogP contribution in [0.2, 0.25) is 5.28 Å². The van der Waals surface area contributed by atoms with Crippen molar-refractivity contribution in [1.29, 1.82) is 0 Å². The van der Waals surface area contributed by atoms with Gasteiger partial charge in [-0.1, -0.05) is 84.0 Å². The summed E-state index contributed by atoms with van der Waals surface area (Å²) in [5.41, 5.74) is -2.81. The molecule has 34 heteroatoms. The van der Waals surface area contributed by atoms with Gasteiger partial charge in [0, 0.05) is 54.6 Å². The van der Waals surface area contributed by atoms with E-state index >= 15 is 0 Å². The van der Waals surface area contributed by atoms with E-state index in [1.165, 1.54) is 40.1 Å². The summed E-state index contributed by atoms with van der Waals surface area (Å²) in [4.78, 5) is 122. The number of hydrogen-bond donors (Lipinski definition) is 8. The minimum atomic E-state index is -3.90. The molecule has 9 fully saturated rings. The Balaban J connectivity index is 0.000000202. The minimum absolute atomic E-state index is 0.00756. The van der Waals surface area contributed by atoms with Crippen LogP contribution in [0.1, 0.15) is 157 Å². The van der Waals surface area contributed by atoms with Crippen LogP contribution in [0, 0.1) is 28.5 Å². The molecule has 108 heavy (non-hydrogen) atoms. The predicted octanol–water partition coefficient (Wildman–Crippen LogP) is 7.80. The summed E-state index contributed by atoms with van der Waals surface area (Å²) < 4.78 is 93.0. The smallest absolute Gasteiger partial charge is 0.408 e. The summed E-state index contributed by atoms with van der Waals surface area (Å²) in [6, 6.07) is 12.4. The number of carbonyl (C=O) groups excluding carboxylic acids is 7. The maximum atomic E-state index is 14.6. The van der Waals surface area contributed by atoms with Crippen LogP contribution in [0.25, 0.3) is 11.4 Å². The van der Waals surface area contributed by atoms with Crippen LogP contribution in [-0.4, -0.2) is 189 Å². The molecule has 0 spiro atoms. The number of sulfonamides is 2. The second kappa shape index (κ2) is 32.0. The normalized spacial score (nSPS) is 25.4. The van der Waals surface area contributed by atoms with Gasteiger partial charge in [0.05, 0.1) is 29.1 Å². The third kappa shape index (κ3) is 19.6. The summed E-state index contributed by atoms with van der Waals surface area (Å²) in [6.07, 6.45) is 11.4. The Morgan fingerprint density at radius 3 is 1.69 bits per heavy atom. The van der Waals surface area contributed by atoms with Crippen LogP contribution in [0.5, 0.6) is 11.9 Å². The molecule has 13 rings (SSSR count). The maximum Gasteiger partial charge on any atom is 0.408 e. The molecule has 584 valence electrons. The highest BCUT2D eigenvalue weighted by atomic mass is 35.5. The van der Waals surface area contributed by atoms with Crippen LogP contribution in [-0.2, 0) is 53.5 Å². The molecule has 10 atom stereocenters. The van der Waals surface area contributed by atoms with Crippen LogP contribution >= 0.6 is 11.6 Å². The second-order valence-corrected chi connectivity index (χ2v) is 36.3. The number of ether oxygens (including phenoxy) is 4. The summed E-state index contributed by atoms with van der Waals surface area (Å²) in [5, 5.41) is 16.4. The minimum Gasteiger partial charge on any atom is -0.472 e. The van der Waals surface area contributed by atoms with Gasteiger partial charge in [-0.2, -0.15) is 19.9 Å². The van der Waals surface area contributed by atoms with E-state index in [0.29, 0.717) is 55.5 Å². The average Bonchev–Trinajstić information content (AvgIpc) is 1.59. The molecular weight excluding hydrogens is 1460 g/mol. The first-order chi connectivity index (χ1) is 51.2. The number of likely N-dealkylation sites (tertiary alicyclic amines) is 2. The number of benzene rings is 2. The highest BCUT2D eigenvalue weighted by Gasteiger charge is 2.63. The first kappa shape index (κ1) is 78.8. The van der Waals surface area contributed by atoms with E-state index in [2.05, 4.69) is 69.5 Å². The number of nitrogens with zero attached hydrogens (tertiary/aromatic N) is 7. The lowest BCUT2D eigenvalue weighted by Gasteiger charge is -2.35. The number of hydrogen-bond acceptors (Lipinski definition) is 22. The summed E-state index contributed by atoms with van der Waals surface area (Å²) in [6.45, 7) is 18.3. The maximum absolute atomic E-state index is 14.6. The number of aromatic nitrogens is 5. The van der Waals surface area contributed by atoms with E-state index in [0.717, 1.165) is 69.8 Å². The van der Waals surface area contributed by atoms with Gasteiger partial charge in [-0.3, -0.25) is 28.7 Å². The van der Waals surface area contributed by atoms with E-state index in [1.54, 1.807) is 32.9 Å². The van der Waals surface area contributed by atoms with Crippen molar-refractivity contribution in [3.8, 4) is 23.3 Å². The van der Waals surface area contributed by atoms with Gasteiger partial charge in [0.2, 0.25) is 60.8 Å². The van der Waals surface area contributed by atoms with E-state index in [4.69, 9.17) is 40.5 Å². The zero-order chi connectivity index (χ0) is 77.3. The van der Waals surface area contributed by atoms with E-state index < -0.39 is 142 Å². The Morgan fingerprint density at radius 1 is 0.639 bits per heavy atom. The van der Waals surface area contributed by atoms with Gasteiger partial charge in [-0.05, 0) is 149 Å². The molecule has 7 saturated carbocycles. The molecule has 7 amide bonds. The van der Waals surface area contributed by atoms with Crippen molar-refractivity contribution in [1.82, 2.24) is 65.4 Å². The van der Waals surface area contributed by atoms with Crippen molar-refractivity contribution < 1.29 is 73.7 Å². The highest BCUT2D eigenvalue weighted by molar-refractivity contribution is 7.91. The van der Waals surface area contributed by atoms with Gasteiger partial charge < -0.3 is 60.6 Å². The SMILES string of the molecule is C=CC1C[C@]1(NC(=O)[C@@H]1C[C@@H](Oc2cc(NC3CC3)nc(-c3ccccc3)n2)CN1C(=O)[C@@H](NC(=O)OC1CCCC1)C(C)(C)C)C(=O)NS(=O)(=O)C1CC1.C=C[C@@H]1C[C@@]1(CNS(=O)(=O)C1CC1)NC(=O)[C@@H]1C[C@@H](Oc2nc(Cl)nc(Nc3ccc(F)cc3)n2)CN1C(=O)[C@@H](NC(=O)OC1CCCC1)C(C)(C)C. The number of carbonyl (C=O) groups is 7. The lowest BCUT2D eigenvalue weighted by atomic mass is 9.85. The van der Waals surface area contributed by atoms with Crippen molar-refractivity contribution >= 4 is 90.8 Å². The fourth-order valence-corrected chi connectivity index (χ4v) is 17.2. The topological polar surface area (TPSA) is 392 Å². The number of rotatable bonds is 28. The Kier molecular flexibility index (Phi) is 23.3. The summed E-state index contributed by atoms with van der Waals surface area (Å²) >= 11 is 6.20. The van der Waals surface area contributed by atoms with Gasteiger partial charge in [0.1, 0.15) is 65.8 Å². The standard InChI is InChI=1S/C39H51N7O8S.C35H46ClFN8O7S/c1-5-24-21-39(24,36(49)45-55(51,52)28-17-18-28)44-34(47)29-19-27(22-46(29)35(48)32(38(2,3)4)43-37(50)54-26-13-9-10-14-26)53-31-20-30(40-25-15-16-25)41-33(42-31)23-11-7-6-8-12-23;1-5-20-17-35(20,19-38-53(49,50)25-14-15-25)44-28(46)26-16-24(51-32-42-30(36)41-31(43-32)39-22-12-10-21(37)11-13-22)18-45(26)29(47)27(34(2,3)4)40-33(48)52-23-8-6-7-9-23/h5-8,11-12,20,24-29,32H,1,9-10,13-19,21-22H2,2-4H3,(H,43,50)(H,44,47)(H,45,49)(H,40,41,42);5,10-13,20,23-27,38H,1,6-9,14-19H2,2-4H3,(H,40,48)(H,44,46)(H,39,41,42,43)/t24?,27-,29+,32-,39-;20-,24-,26+,27-,35+/m11/s1. The van der Waals surface area contributed by atoms with E-state index in [9.17, 15) is 54.8 Å². The Morgan fingerprint density at radius 2 is 1.18 bits per heavy atom. The molecule has 2 aliphatic heterocycles. The lowest BCUT2D eigenvalue weighted by Crippen LogP contribution is -2.60. The molecule has 2 aromatic carbocycles. The largest absolute Gasteiger partial charge is 0.472 e. The van der Waals surface area contributed by atoms with Gasteiger partial charge in [-0.15, -0.1) is 13.2 Å². The molecule has 2 saturated heterocycles. The first-order valence-electron chi connectivity index (χ1n) is 37.2. The van der Waals surface area contributed by atoms with Crippen LogP contribution < -0.4 is 50.8 Å². The fraction of sp³-hybridized carbons (Fsp3) is 0.595. The molecule has 7 aliphatic carbocycles. The lowest BCUT2D eigenvalue weighted by molar-refractivity contribution is -0.143. The predicted molar refractivity (Wildman–Crippen MR) is 396 cm³/mol. The van der Waals surface area contributed by atoms with Crippen molar-refractivity contribution in [3.05, 3.63) is 97.1 Å². The van der Waals surface area contributed by atoms with Gasteiger partial charge in [0.25, 0.3) is 5.91 Å². The van der Waals surface area contributed by atoms with Gasteiger partial charge >= 0.3 is 18.2 Å². The highest BCUT2D eigenvalue weighted by Crippen LogP contribution is 2.47. The second-order valence-electron chi connectivity index (χ2n) is 32.0. The number of amides is 7. The van der Waals surface area contributed by atoms with E-state index in [1.807, 2.05) is 51.1 Å². The summed E-state index contributed by atoms with van der Waals surface area (Å²) in [7, 11) is -7.44. The molecule has 4 heterocycles. The molecule has 2 aromatic heterocycles. The third-order valence-corrected chi connectivity index (χ3v) is 25.0. The molecule has 0 bridgehead atoms. The molecule has 1 unspecified atom stereocenters. The van der Waals surface area contributed by atoms with Crippen molar-refractivity contribution in [2.75, 3.05) is 30.3 Å². The van der Waals surface area contributed by atoms with Crippen LogP contribution in [0.4, 0.5) is 31.4 Å². The Bertz CT molecular complexity index is 4290. The summed E-state index contributed by atoms with van der Waals surface area (Å²) in [5.74, 6) is -2.92. The van der Waals surface area contributed by atoms with Crippen LogP contribution in [0.3, 0.4) is 0 Å². The molecule has 4 aromatic rings. The van der Waals surface area contributed by atoms with Crippen molar-refractivity contribution in [2.45, 2.75) is 233 Å². The fourth-order valence-electron chi connectivity index (χ4n) is 14.2. The molecule has 8 N–H and O–H groups in total. The van der Waals surface area contributed by atoms with Crippen molar-refractivity contribution in [3.63, 3.8) is 0 Å². The number of halogens is 2. The number of anilines is 3. The Hall–Kier alpha value is -8.82. The number of nitrogens with one attached hydrogen (secondary N) is 8. The molecular formula is C74H97ClFN15O15S2. The van der Waals surface area contributed by atoms with Crippen molar-refractivity contribution in [2.24, 2.45) is 22.7 Å². The molecule has 9 aliphatic rings. The monoisotopic (exact) mass is 1550 g/mol. The van der Waals surface area contributed by atoms with E-state index in [-0.39, 0.29) is 80.1 Å². The third-order valence-electron chi connectivity index (χ3n) is 21.1. The first-order valence-corrected chi connectivity index (χ1v) is 40.6. The van der Waals surface area contributed by atoms with Gasteiger partial charge in [0.15, 0.2) is 5.82 Å². The average molecular weight is 1560 g/mol. The zero-order valence-corrected chi connectivity index (χ0v) is 63.9. The van der Waals surface area contributed by atoms with Gasteiger partial charge in [-0.25, -0.2) is 40.5 Å².